The van der Waals surface area contributed by atoms with Crippen molar-refractivity contribution in [1.29, 1.82) is 0 Å². The maximum absolute atomic E-state index is 14.2. The summed E-state index contributed by atoms with van der Waals surface area (Å²) in [5.41, 5.74) is 1.73. The van der Waals surface area contributed by atoms with Gasteiger partial charge in [-0.1, -0.05) is 57.4 Å². The zero-order chi connectivity index (χ0) is 22.9. The third-order valence-corrected chi connectivity index (χ3v) is 6.47. The predicted molar refractivity (Wildman–Crippen MR) is 126 cm³/mol. The quantitative estimate of drug-likeness (QED) is 0.288. The summed E-state index contributed by atoms with van der Waals surface area (Å²) < 4.78 is 33.5. The van der Waals surface area contributed by atoms with E-state index in [2.05, 4.69) is 19.1 Å². The number of benzene rings is 2. The molecule has 0 atom stereocenters. The van der Waals surface area contributed by atoms with Crippen molar-refractivity contribution in [3.05, 3.63) is 71.0 Å². The lowest BCUT2D eigenvalue weighted by Crippen LogP contribution is -2.13. The molecule has 0 aromatic heterocycles. The minimum absolute atomic E-state index is 0.0856. The van der Waals surface area contributed by atoms with E-state index in [0.717, 1.165) is 12.3 Å². The standard InChI is InChI=1S/C28H34F2O2/c1-3-5-7-26(29)27(30)23-12-14-24(15-13-23)28(31)32-25-18-16-22(17-19-25)21-10-8-20(6-4-2)9-11-21/h12-21H,3-11H2,1-2H3/b27-26+. The molecule has 0 saturated heterocycles. The molecule has 2 aromatic carbocycles. The van der Waals surface area contributed by atoms with Crippen molar-refractivity contribution >= 4 is 11.8 Å². The maximum atomic E-state index is 14.2. The van der Waals surface area contributed by atoms with Gasteiger partial charge in [0.15, 0.2) is 5.83 Å². The number of allylic oxidation sites excluding steroid dienone is 1. The summed E-state index contributed by atoms with van der Waals surface area (Å²) in [6, 6.07) is 13.5. The Bertz CT molecular complexity index is 892. The molecule has 0 radical (unpaired) electrons. The van der Waals surface area contributed by atoms with Crippen LogP contribution >= 0.6 is 0 Å². The number of unbranched alkanes of at least 4 members (excludes halogenated alkanes) is 1. The summed E-state index contributed by atoms with van der Waals surface area (Å²) in [7, 11) is 0. The molecule has 172 valence electrons. The molecule has 0 amide bonds. The highest BCUT2D eigenvalue weighted by molar-refractivity contribution is 5.91. The summed E-state index contributed by atoms with van der Waals surface area (Å²) >= 11 is 0. The van der Waals surface area contributed by atoms with Crippen molar-refractivity contribution in [3.8, 4) is 5.75 Å². The van der Waals surface area contributed by atoms with Crippen molar-refractivity contribution < 1.29 is 18.3 Å². The van der Waals surface area contributed by atoms with E-state index >= 15 is 0 Å². The highest BCUT2D eigenvalue weighted by atomic mass is 19.2. The molecule has 0 unspecified atom stereocenters. The van der Waals surface area contributed by atoms with Gasteiger partial charge in [0, 0.05) is 12.0 Å². The summed E-state index contributed by atoms with van der Waals surface area (Å²) in [6.45, 7) is 4.18. The lowest BCUT2D eigenvalue weighted by atomic mass is 9.77. The first kappa shape index (κ1) is 24.2. The fourth-order valence-corrected chi connectivity index (χ4v) is 4.52. The predicted octanol–water partition coefficient (Wildman–Crippen LogP) is 8.78. The first-order valence-corrected chi connectivity index (χ1v) is 12.0. The van der Waals surface area contributed by atoms with Gasteiger partial charge >= 0.3 is 5.97 Å². The van der Waals surface area contributed by atoms with Crippen molar-refractivity contribution in [2.45, 2.75) is 77.6 Å². The van der Waals surface area contributed by atoms with E-state index in [1.54, 1.807) is 0 Å². The average molecular weight is 441 g/mol. The van der Waals surface area contributed by atoms with Gasteiger partial charge in [-0.3, -0.25) is 0 Å². The van der Waals surface area contributed by atoms with Crippen molar-refractivity contribution in [2.75, 3.05) is 0 Å². The van der Waals surface area contributed by atoms with Crippen LogP contribution in [0.4, 0.5) is 8.78 Å². The number of ether oxygens (including phenoxy) is 1. The molecule has 1 aliphatic carbocycles. The highest BCUT2D eigenvalue weighted by Crippen LogP contribution is 2.38. The molecule has 2 nitrogen and oxygen atoms in total. The molecule has 2 aromatic rings. The zero-order valence-corrected chi connectivity index (χ0v) is 19.2. The van der Waals surface area contributed by atoms with E-state index < -0.39 is 17.6 Å². The van der Waals surface area contributed by atoms with Crippen molar-refractivity contribution in [1.82, 2.24) is 0 Å². The van der Waals surface area contributed by atoms with E-state index in [1.165, 1.54) is 68.4 Å². The highest BCUT2D eigenvalue weighted by Gasteiger charge is 2.22. The molecule has 0 N–H and O–H groups in total. The van der Waals surface area contributed by atoms with Crippen LogP contribution in [-0.2, 0) is 0 Å². The molecule has 1 fully saturated rings. The maximum Gasteiger partial charge on any atom is 0.343 e. The molecule has 32 heavy (non-hydrogen) atoms. The fourth-order valence-electron chi connectivity index (χ4n) is 4.52. The van der Waals surface area contributed by atoms with Crippen LogP contribution in [0.15, 0.2) is 54.4 Å². The smallest absolute Gasteiger partial charge is 0.343 e. The SMILES string of the molecule is CCCC/C(F)=C(\F)c1ccc(C(=O)Oc2ccc(C3CCC(CCC)CC3)cc2)cc1. The minimum Gasteiger partial charge on any atom is -0.423 e. The third-order valence-electron chi connectivity index (χ3n) is 6.47. The Morgan fingerprint density at radius 2 is 1.50 bits per heavy atom. The van der Waals surface area contributed by atoms with E-state index in [1.807, 2.05) is 19.1 Å². The van der Waals surface area contributed by atoms with Crippen molar-refractivity contribution in [2.24, 2.45) is 5.92 Å². The average Bonchev–Trinajstić information content (AvgIpc) is 2.83. The molecule has 3 rings (SSSR count). The zero-order valence-electron chi connectivity index (χ0n) is 19.2. The van der Waals surface area contributed by atoms with Crippen molar-refractivity contribution in [3.63, 3.8) is 0 Å². The minimum atomic E-state index is -0.863. The van der Waals surface area contributed by atoms with E-state index in [9.17, 15) is 13.6 Å². The van der Waals surface area contributed by atoms with Crippen LogP contribution in [0.5, 0.6) is 5.75 Å². The Hall–Kier alpha value is -2.49. The second-order valence-electron chi connectivity index (χ2n) is 8.86. The van der Waals surface area contributed by atoms with Crippen LogP contribution in [0.25, 0.3) is 5.83 Å². The lowest BCUT2D eigenvalue weighted by Gasteiger charge is -2.28. The lowest BCUT2D eigenvalue weighted by molar-refractivity contribution is 0.0734. The van der Waals surface area contributed by atoms with Gasteiger partial charge in [-0.25, -0.2) is 13.6 Å². The number of carbonyl (C=O) groups is 1. The molecular formula is C28H34F2O2. The Kier molecular flexibility index (Phi) is 9.01. The van der Waals surface area contributed by atoms with Crippen LogP contribution in [0.3, 0.4) is 0 Å². The van der Waals surface area contributed by atoms with Crippen LogP contribution in [0, 0.1) is 5.92 Å². The van der Waals surface area contributed by atoms with Gasteiger partial charge in [0.25, 0.3) is 0 Å². The van der Waals surface area contributed by atoms with Crippen LogP contribution in [0.2, 0.25) is 0 Å². The van der Waals surface area contributed by atoms with Crippen LogP contribution in [-0.4, -0.2) is 5.97 Å². The monoisotopic (exact) mass is 440 g/mol. The van der Waals surface area contributed by atoms with Gasteiger partial charge in [0.05, 0.1) is 5.56 Å². The molecule has 1 saturated carbocycles. The number of esters is 1. The van der Waals surface area contributed by atoms with E-state index in [4.69, 9.17) is 4.74 Å². The topological polar surface area (TPSA) is 26.3 Å². The number of rotatable bonds is 9. The van der Waals surface area contributed by atoms with Gasteiger partial charge in [0.1, 0.15) is 11.6 Å². The Morgan fingerprint density at radius 1 is 0.875 bits per heavy atom. The van der Waals surface area contributed by atoms with Gasteiger partial charge in [-0.2, -0.15) is 0 Å². The number of hydrogen-bond acceptors (Lipinski definition) is 2. The second kappa shape index (κ2) is 11.9. The molecule has 1 aliphatic rings. The number of halogens is 2. The van der Waals surface area contributed by atoms with Gasteiger partial charge in [-0.05, 0) is 73.8 Å². The fraction of sp³-hybridized carbons (Fsp3) is 0.464. The summed E-state index contributed by atoms with van der Waals surface area (Å²) in [6.07, 6.45) is 9.11. The summed E-state index contributed by atoms with van der Waals surface area (Å²) in [5.74, 6) is -0.182. The molecule has 0 heterocycles. The third kappa shape index (κ3) is 6.51. The second-order valence-corrected chi connectivity index (χ2v) is 8.86. The summed E-state index contributed by atoms with van der Waals surface area (Å²) in [5, 5.41) is 0. The molecular weight excluding hydrogens is 406 g/mol. The summed E-state index contributed by atoms with van der Waals surface area (Å²) in [4.78, 5) is 12.5. The van der Waals surface area contributed by atoms with Crippen LogP contribution in [0.1, 0.15) is 99.0 Å². The number of carbonyl (C=O) groups excluding carboxylic acids is 1. The molecule has 0 aliphatic heterocycles. The Labute approximate surface area is 190 Å². The normalized spacial score (nSPS) is 19.4. The number of hydrogen-bond donors (Lipinski definition) is 0. The van der Waals surface area contributed by atoms with Gasteiger partial charge < -0.3 is 4.74 Å². The largest absolute Gasteiger partial charge is 0.423 e. The van der Waals surface area contributed by atoms with E-state index in [0.29, 0.717) is 23.7 Å². The van der Waals surface area contributed by atoms with Gasteiger partial charge in [-0.15, -0.1) is 0 Å². The Balaban J connectivity index is 1.57. The van der Waals surface area contributed by atoms with Gasteiger partial charge in [0.2, 0.25) is 0 Å². The molecule has 4 heteroatoms. The molecule has 0 spiro atoms. The Morgan fingerprint density at radius 3 is 2.09 bits per heavy atom. The van der Waals surface area contributed by atoms with E-state index in [-0.39, 0.29) is 12.0 Å². The van der Waals surface area contributed by atoms with Crippen LogP contribution < -0.4 is 4.74 Å². The first-order valence-electron chi connectivity index (χ1n) is 12.0. The molecule has 0 bridgehead atoms. The first-order chi connectivity index (χ1) is 15.5.